The molecular weight excluding hydrogens is 434 g/mol. The molecule has 3 rings (SSSR count). The average Bonchev–Trinajstić information content (AvgIpc) is 3.27. The van der Waals surface area contributed by atoms with E-state index in [2.05, 4.69) is 151 Å². The highest BCUT2D eigenvalue weighted by Crippen LogP contribution is 2.32. The van der Waals surface area contributed by atoms with Crippen molar-refractivity contribution in [3.63, 3.8) is 0 Å². The maximum atomic E-state index is 2.33. The van der Waals surface area contributed by atoms with Crippen LogP contribution in [0.2, 0.25) is 0 Å². The number of allylic oxidation sites excluding steroid dienone is 18. The molecule has 1 aromatic rings. The summed E-state index contributed by atoms with van der Waals surface area (Å²) < 4.78 is 0. The maximum absolute atomic E-state index is 2.33. The Balaban J connectivity index is 1.95. The molecular formula is C35H41N. The quantitative estimate of drug-likeness (QED) is 0.355. The Morgan fingerprint density at radius 3 is 2.39 bits per heavy atom. The summed E-state index contributed by atoms with van der Waals surface area (Å²) in [6, 6.07) is 8.79. The minimum Gasteiger partial charge on any atom is -0.348 e. The van der Waals surface area contributed by atoms with Gasteiger partial charge in [0.05, 0.1) is 0 Å². The largest absolute Gasteiger partial charge is 0.348 e. The molecule has 0 saturated heterocycles. The SMILES string of the molecule is C/C=C(\C)C1=CC=C(N(C)C(=C/C)/C(C)=C\C(=C/C)c2ccccc2C2=CC(C)=CC=CC2)CC=C1. The van der Waals surface area contributed by atoms with Gasteiger partial charge in [-0.2, -0.15) is 0 Å². The second-order valence-electron chi connectivity index (χ2n) is 9.42. The van der Waals surface area contributed by atoms with Gasteiger partial charge in [0, 0.05) is 24.9 Å². The van der Waals surface area contributed by atoms with Crippen molar-refractivity contribution in [3.8, 4) is 0 Å². The van der Waals surface area contributed by atoms with E-state index in [9.17, 15) is 0 Å². The van der Waals surface area contributed by atoms with Gasteiger partial charge >= 0.3 is 0 Å². The maximum Gasteiger partial charge on any atom is 0.0392 e. The van der Waals surface area contributed by atoms with Crippen LogP contribution in [0.15, 0.2) is 131 Å². The molecule has 1 nitrogen and oxygen atoms in total. The average molecular weight is 476 g/mol. The molecule has 0 heterocycles. The summed E-state index contributed by atoms with van der Waals surface area (Å²) in [5.41, 5.74) is 12.8. The molecule has 0 aliphatic heterocycles. The molecule has 0 amide bonds. The molecule has 0 radical (unpaired) electrons. The van der Waals surface area contributed by atoms with Crippen LogP contribution in [0.25, 0.3) is 11.1 Å². The van der Waals surface area contributed by atoms with Gasteiger partial charge in [-0.15, -0.1) is 0 Å². The van der Waals surface area contributed by atoms with Crippen LogP contribution >= 0.6 is 0 Å². The minimum atomic E-state index is 0.909. The fourth-order valence-electron chi connectivity index (χ4n) is 4.76. The third kappa shape index (κ3) is 6.55. The lowest BCUT2D eigenvalue weighted by atomic mass is 9.91. The lowest BCUT2D eigenvalue weighted by molar-refractivity contribution is 0.516. The van der Waals surface area contributed by atoms with Crippen molar-refractivity contribution in [2.75, 3.05) is 7.05 Å². The Morgan fingerprint density at radius 2 is 1.67 bits per heavy atom. The predicted octanol–water partition coefficient (Wildman–Crippen LogP) is 9.90. The van der Waals surface area contributed by atoms with Gasteiger partial charge in [-0.05, 0) is 99.1 Å². The van der Waals surface area contributed by atoms with E-state index in [1.807, 2.05) is 0 Å². The van der Waals surface area contributed by atoms with Crippen LogP contribution in [-0.4, -0.2) is 11.9 Å². The van der Waals surface area contributed by atoms with Gasteiger partial charge in [0.25, 0.3) is 0 Å². The van der Waals surface area contributed by atoms with Crippen LogP contribution in [0.3, 0.4) is 0 Å². The van der Waals surface area contributed by atoms with E-state index in [-0.39, 0.29) is 0 Å². The number of hydrogen-bond donors (Lipinski definition) is 0. The highest BCUT2D eigenvalue weighted by molar-refractivity contribution is 5.85. The smallest absolute Gasteiger partial charge is 0.0392 e. The number of likely N-dealkylation sites (N-methyl/N-ethyl adjacent to an activating group) is 1. The van der Waals surface area contributed by atoms with Crippen LogP contribution < -0.4 is 0 Å². The number of nitrogens with zero attached hydrogens (tertiary/aromatic N) is 1. The Bertz CT molecular complexity index is 1280. The van der Waals surface area contributed by atoms with Crippen molar-refractivity contribution >= 4 is 11.1 Å². The fourth-order valence-corrected chi connectivity index (χ4v) is 4.76. The third-order valence-corrected chi connectivity index (χ3v) is 6.94. The molecule has 2 aliphatic rings. The number of rotatable bonds is 7. The Morgan fingerprint density at radius 1 is 0.889 bits per heavy atom. The van der Waals surface area contributed by atoms with E-state index < -0.39 is 0 Å². The fraction of sp³-hybridized carbons (Fsp3) is 0.257. The minimum absolute atomic E-state index is 0.909. The zero-order valence-corrected chi connectivity index (χ0v) is 23.1. The second kappa shape index (κ2) is 12.9. The van der Waals surface area contributed by atoms with Gasteiger partial charge in [0.2, 0.25) is 0 Å². The molecule has 0 bridgehead atoms. The summed E-state index contributed by atoms with van der Waals surface area (Å²) in [5, 5.41) is 0. The lowest BCUT2D eigenvalue weighted by Gasteiger charge is -2.26. The van der Waals surface area contributed by atoms with Crippen molar-refractivity contribution in [2.24, 2.45) is 0 Å². The zero-order chi connectivity index (χ0) is 26.1. The van der Waals surface area contributed by atoms with Crippen LogP contribution in [0.1, 0.15) is 65.5 Å². The summed E-state index contributed by atoms with van der Waals surface area (Å²) in [6.07, 6.45) is 28.7. The molecule has 0 saturated carbocycles. The molecule has 0 fully saturated rings. The molecule has 0 N–H and O–H groups in total. The van der Waals surface area contributed by atoms with Crippen molar-refractivity contribution < 1.29 is 0 Å². The normalized spacial score (nSPS) is 17.6. The second-order valence-corrected chi connectivity index (χ2v) is 9.42. The van der Waals surface area contributed by atoms with Crippen molar-refractivity contribution in [2.45, 2.75) is 54.4 Å². The van der Waals surface area contributed by atoms with E-state index in [0.717, 1.165) is 12.8 Å². The Hall–Kier alpha value is -3.58. The Labute approximate surface area is 219 Å². The first-order chi connectivity index (χ1) is 17.4. The predicted molar refractivity (Wildman–Crippen MR) is 160 cm³/mol. The standard InChI is InChI=1S/C35H41N/c1-8-27(5)30-18-15-19-32(23-22-30)36(7)35(10-3)28(6)25-29(9-2)33-20-13-14-21-34(33)31-17-12-11-16-26(4)24-31/h8-16,18,20-25H,17,19H2,1-7H3/b27-8+,28-25-,29-9+,35-10+. The molecule has 2 aliphatic carbocycles. The summed E-state index contributed by atoms with van der Waals surface area (Å²) in [6.45, 7) is 12.9. The van der Waals surface area contributed by atoms with E-state index in [1.165, 1.54) is 56.0 Å². The van der Waals surface area contributed by atoms with E-state index in [1.54, 1.807) is 0 Å². The van der Waals surface area contributed by atoms with Crippen LogP contribution in [0, 0.1) is 0 Å². The van der Waals surface area contributed by atoms with E-state index in [4.69, 9.17) is 0 Å². The number of hydrogen-bond acceptors (Lipinski definition) is 1. The van der Waals surface area contributed by atoms with Crippen molar-refractivity contribution in [3.05, 3.63) is 142 Å². The molecule has 0 spiro atoms. The molecule has 1 heteroatoms. The van der Waals surface area contributed by atoms with Crippen LogP contribution in [0.4, 0.5) is 0 Å². The van der Waals surface area contributed by atoms with Gasteiger partial charge in [-0.3, -0.25) is 0 Å². The van der Waals surface area contributed by atoms with Crippen molar-refractivity contribution in [1.29, 1.82) is 0 Å². The Kier molecular flexibility index (Phi) is 9.70. The van der Waals surface area contributed by atoms with Crippen molar-refractivity contribution in [1.82, 2.24) is 4.90 Å². The lowest BCUT2D eigenvalue weighted by Crippen LogP contribution is -2.17. The molecule has 186 valence electrons. The molecule has 0 unspecified atom stereocenters. The first-order valence-electron chi connectivity index (χ1n) is 13.0. The molecule has 1 aromatic carbocycles. The molecule has 36 heavy (non-hydrogen) atoms. The van der Waals surface area contributed by atoms with Gasteiger partial charge in [0.15, 0.2) is 0 Å². The summed E-state index contributed by atoms with van der Waals surface area (Å²) in [4.78, 5) is 2.33. The molecule has 0 atom stereocenters. The monoisotopic (exact) mass is 475 g/mol. The first-order valence-corrected chi connectivity index (χ1v) is 13.0. The van der Waals surface area contributed by atoms with Gasteiger partial charge in [-0.1, -0.05) is 90.6 Å². The highest BCUT2D eigenvalue weighted by atomic mass is 15.1. The van der Waals surface area contributed by atoms with Crippen LogP contribution in [0.5, 0.6) is 0 Å². The first kappa shape index (κ1) is 27.0. The van der Waals surface area contributed by atoms with E-state index >= 15 is 0 Å². The summed E-state index contributed by atoms with van der Waals surface area (Å²) in [5.74, 6) is 0. The summed E-state index contributed by atoms with van der Waals surface area (Å²) in [7, 11) is 2.18. The van der Waals surface area contributed by atoms with Gasteiger partial charge < -0.3 is 4.90 Å². The highest BCUT2D eigenvalue weighted by Gasteiger charge is 2.14. The van der Waals surface area contributed by atoms with Crippen LogP contribution in [-0.2, 0) is 0 Å². The third-order valence-electron chi connectivity index (χ3n) is 6.94. The zero-order valence-electron chi connectivity index (χ0n) is 23.1. The topological polar surface area (TPSA) is 3.24 Å². The summed E-state index contributed by atoms with van der Waals surface area (Å²) >= 11 is 0. The van der Waals surface area contributed by atoms with E-state index in [0.29, 0.717) is 0 Å². The molecule has 0 aromatic heterocycles. The number of benzene rings is 1. The van der Waals surface area contributed by atoms with Gasteiger partial charge in [0.1, 0.15) is 0 Å². The van der Waals surface area contributed by atoms with Gasteiger partial charge in [-0.25, -0.2) is 0 Å².